The molecule has 1 N–H and O–H groups in total. The lowest BCUT2D eigenvalue weighted by atomic mass is 10.1. The second-order valence-corrected chi connectivity index (χ2v) is 5.90. The molecule has 7 heteroatoms. The smallest absolute Gasteiger partial charge is 0.228 e. The molecule has 2 heterocycles. The van der Waals surface area contributed by atoms with Gasteiger partial charge in [-0.05, 0) is 25.0 Å². The minimum Gasteiger partial charge on any atom is -0.493 e. The highest BCUT2D eigenvalue weighted by atomic mass is 16.5. The van der Waals surface area contributed by atoms with Crippen molar-refractivity contribution < 1.29 is 14.2 Å². The van der Waals surface area contributed by atoms with E-state index in [0.29, 0.717) is 17.9 Å². The molecule has 25 heavy (non-hydrogen) atoms. The summed E-state index contributed by atoms with van der Waals surface area (Å²) >= 11 is 0. The van der Waals surface area contributed by atoms with E-state index in [1.54, 1.807) is 33.6 Å². The molecule has 0 saturated carbocycles. The van der Waals surface area contributed by atoms with E-state index in [0.717, 1.165) is 43.1 Å². The molecule has 1 fully saturated rings. The van der Waals surface area contributed by atoms with Crippen LogP contribution in [0.15, 0.2) is 30.5 Å². The maximum Gasteiger partial charge on any atom is 0.228 e. The fourth-order valence-corrected chi connectivity index (χ4v) is 3.04. The first-order valence-electron chi connectivity index (χ1n) is 8.34. The molecular formula is C18H24N4O3. The molecule has 0 aliphatic carbocycles. The fourth-order valence-electron chi connectivity index (χ4n) is 3.04. The largest absolute Gasteiger partial charge is 0.493 e. The van der Waals surface area contributed by atoms with Gasteiger partial charge in [-0.25, -0.2) is 4.98 Å². The Morgan fingerprint density at radius 1 is 1.08 bits per heavy atom. The van der Waals surface area contributed by atoms with Crippen molar-refractivity contribution in [2.45, 2.75) is 18.9 Å². The summed E-state index contributed by atoms with van der Waals surface area (Å²) in [5.74, 6) is 2.73. The predicted molar refractivity (Wildman–Crippen MR) is 97.0 cm³/mol. The summed E-state index contributed by atoms with van der Waals surface area (Å²) in [5, 5.41) is 3.57. The van der Waals surface area contributed by atoms with Crippen LogP contribution in [0.4, 0.5) is 11.6 Å². The summed E-state index contributed by atoms with van der Waals surface area (Å²) in [6.07, 6.45) is 3.90. The first kappa shape index (κ1) is 17.1. The van der Waals surface area contributed by atoms with Gasteiger partial charge in [-0.3, -0.25) is 0 Å². The lowest BCUT2D eigenvalue weighted by Gasteiger charge is -2.33. The Labute approximate surface area is 147 Å². The SMILES string of the molecule is COc1ccnc(N2CCCC(Nc3ccc(OC)c(OC)c3)C2)n1. The zero-order chi connectivity index (χ0) is 17.6. The summed E-state index contributed by atoms with van der Waals surface area (Å²) < 4.78 is 15.9. The summed E-state index contributed by atoms with van der Waals surface area (Å²) in [7, 11) is 4.89. The standard InChI is InChI=1S/C18H24N4O3/c1-23-15-7-6-13(11-16(15)24-2)20-14-5-4-10-22(12-14)18-19-9-8-17(21-18)25-3/h6-9,11,14,20H,4-5,10,12H2,1-3H3. The monoisotopic (exact) mass is 344 g/mol. The van der Waals surface area contributed by atoms with Crippen molar-refractivity contribution in [3.05, 3.63) is 30.5 Å². The zero-order valence-electron chi connectivity index (χ0n) is 14.9. The van der Waals surface area contributed by atoms with Crippen LogP contribution in [-0.4, -0.2) is 50.4 Å². The van der Waals surface area contributed by atoms with Crippen molar-refractivity contribution in [1.82, 2.24) is 9.97 Å². The molecule has 2 aromatic rings. The number of piperidine rings is 1. The minimum atomic E-state index is 0.307. The number of anilines is 2. The van der Waals surface area contributed by atoms with Gasteiger partial charge in [-0.15, -0.1) is 0 Å². The molecule has 134 valence electrons. The highest BCUT2D eigenvalue weighted by molar-refractivity contribution is 5.55. The van der Waals surface area contributed by atoms with Crippen molar-refractivity contribution in [3.63, 3.8) is 0 Å². The predicted octanol–water partition coefficient (Wildman–Crippen LogP) is 2.58. The van der Waals surface area contributed by atoms with Gasteiger partial charge in [-0.1, -0.05) is 0 Å². The third kappa shape index (κ3) is 4.04. The molecule has 7 nitrogen and oxygen atoms in total. The van der Waals surface area contributed by atoms with Gasteiger partial charge in [0.2, 0.25) is 11.8 Å². The van der Waals surface area contributed by atoms with Gasteiger partial charge >= 0.3 is 0 Å². The molecule has 1 aromatic carbocycles. The molecule has 1 saturated heterocycles. The Balaban J connectivity index is 1.69. The Hall–Kier alpha value is -2.70. The first-order chi connectivity index (χ1) is 12.2. The highest BCUT2D eigenvalue weighted by Gasteiger charge is 2.22. The van der Waals surface area contributed by atoms with Gasteiger partial charge in [-0.2, -0.15) is 4.98 Å². The van der Waals surface area contributed by atoms with E-state index in [-0.39, 0.29) is 0 Å². The molecule has 1 aromatic heterocycles. The van der Waals surface area contributed by atoms with Gasteiger partial charge in [0, 0.05) is 43.1 Å². The molecule has 0 radical (unpaired) electrons. The third-order valence-electron chi connectivity index (χ3n) is 4.29. The fraction of sp³-hybridized carbons (Fsp3) is 0.444. The van der Waals surface area contributed by atoms with Crippen molar-refractivity contribution in [2.24, 2.45) is 0 Å². The molecule has 0 amide bonds. The summed E-state index contributed by atoms with van der Waals surface area (Å²) in [5.41, 5.74) is 1.01. The Kier molecular flexibility index (Phi) is 5.42. The second-order valence-electron chi connectivity index (χ2n) is 5.90. The van der Waals surface area contributed by atoms with Gasteiger partial charge in [0.15, 0.2) is 11.5 Å². The molecule has 3 rings (SSSR count). The van der Waals surface area contributed by atoms with E-state index in [4.69, 9.17) is 14.2 Å². The van der Waals surface area contributed by atoms with Crippen LogP contribution >= 0.6 is 0 Å². The van der Waals surface area contributed by atoms with Crippen molar-refractivity contribution >= 4 is 11.6 Å². The normalized spacial score (nSPS) is 17.1. The number of aromatic nitrogens is 2. The number of hydrogen-bond acceptors (Lipinski definition) is 7. The van der Waals surface area contributed by atoms with Gasteiger partial charge in [0.05, 0.1) is 21.3 Å². The minimum absolute atomic E-state index is 0.307. The third-order valence-corrected chi connectivity index (χ3v) is 4.29. The van der Waals surface area contributed by atoms with Gasteiger partial charge in [0.25, 0.3) is 0 Å². The number of hydrogen-bond donors (Lipinski definition) is 1. The van der Waals surface area contributed by atoms with Crippen LogP contribution in [0.2, 0.25) is 0 Å². The topological polar surface area (TPSA) is 68.7 Å². The Morgan fingerprint density at radius 3 is 2.68 bits per heavy atom. The van der Waals surface area contributed by atoms with Crippen LogP contribution in [-0.2, 0) is 0 Å². The lowest BCUT2D eigenvalue weighted by molar-refractivity contribution is 0.355. The van der Waals surface area contributed by atoms with E-state index >= 15 is 0 Å². The average Bonchev–Trinajstić information content (AvgIpc) is 2.68. The second kappa shape index (κ2) is 7.92. The summed E-state index contributed by atoms with van der Waals surface area (Å²) in [4.78, 5) is 11.0. The molecule has 1 unspecified atom stereocenters. The van der Waals surface area contributed by atoms with Crippen LogP contribution in [0.1, 0.15) is 12.8 Å². The van der Waals surface area contributed by atoms with E-state index in [1.165, 1.54) is 0 Å². The Bertz CT molecular complexity index is 710. The quantitative estimate of drug-likeness (QED) is 0.864. The van der Waals surface area contributed by atoms with E-state index in [9.17, 15) is 0 Å². The highest BCUT2D eigenvalue weighted by Crippen LogP contribution is 2.30. The zero-order valence-corrected chi connectivity index (χ0v) is 14.9. The van der Waals surface area contributed by atoms with Crippen molar-refractivity contribution in [2.75, 3.05) is 44.6 Å². The van der Waals surface area contributed by atoms with Crippen LogP contribution < -0.4 is 24.4 Å². The van der Waals surface area contributed by atoms with E-state index in [1.807, 2.05) is 18.2 Å². The molecular weight excluding hydrogens is 320 g/mol. The van der Waals surface area contributed by atoms with Gasteiger partial charge in [0.1, 0.15) is 0 Å². The van der Waals surface area contributed by atoms with E-state index in [2.05, 4.69) is 20.2 Å². The number of methoxy groups -OCH3 is 3. The number of ether oxygens (including phenoxy) is 3. The van der Waals surface area contributed by atoms with Crippen molar-refractivity contribution in [3.8, 4) is 17.4 Å². The maximum atomic E-state index is 5.37. The lowest BCUT2D eigenvalue weighted by Crippen LogP contribution is -2.42. The summed E-state index contributed by atoms with van der Waals surface area (Å²) in [6.45, 7) is 1.78. The average molecular weight is 344 g/mol. The number of rotatable bonds is 6. The first-order valence-corrected chi connectivity index (χ1v) is 8.34. The molecule has 1 aliphatic heterocycles. The molecule has 1 aliphatic rings. The molecule has 0 spiro atoms. The van der Waals surface area contributed by atoms with Crippen LogP contribution in [0.5, 0.6) is 17.4 Å². The molecule has 1 atom stereocenters. The number of nitrogens with one attached hydrogen (secondary N) is 1. The summed E-state index contributed by atoms with van der Waals surface area (Å²) in [6, 6.07) is 7.93. The maximum absolute atomic E-state index is 5.37. The van der Waals surface area contributed by atoms with Crippen LogP contribution in [0.3, 0.4) is 0 Å². The van der Waals surface area contributed by atoms with E-state index < -0.39 is 0 Å². The van der Waals surface area contributed by atoms with Gasteiger partial charge < -0.3 is 24.4 Å². The Morgan fingerprint density at radius 2 is 1.92 bits per heavy atom. The number of nitrogens with zero attached hydrogens (tertiary/aromatic N) is 3. The van der Waals surface area contributed by atoms with Crippen molar-refractivity contribution in [1.29, 1.82) is 0 Å². The van der Waals surface area contributed by atoms with Crippen LogP contribution in [0, 0.1) is 0 Å². The van der Waals surface area contributed by atoms with Crippen LogP contribution in [0.25, 0.3) is 0 Å². The molecule has 0 bridgehead atoms. The number of benzene rings is 1.